The maximum absolute atomic E-state index is 13.4. The highest BCUT2D eigenvalue weighted by atomic mass is 19.4. The van der Waals surface area contributed by atoms with Gasteiger partial charge in [-0.3, -0.25) is 9.59 Å². The van der Waals surface area contributed by atoms with Crippen LogP contribution in [0, 0.1) is 11.3 Å². The maximum Gasteiger partial charge on any atom is 0.405 e. The van der Waals surface area contributed by atoms with Gasteiger partial charge in [-0.05, 0) is 94.3 Å². The number of rotatable bonds is 9. The summed E-state index contributed by atoms with van der Waals surface area (Å²) in [6.07, 6.45) is 0.172. The van der Waals surface area contributed by atoms with Gasteiger partial charge in [-0.2, -0.15) is 13.2 Å². The Kier molecular flexibility index (Phi) is 11.1. The van der Waals surface area contributed by atoms with E-state index in [1.165, 1.54) is 33.6 Å². The van der Waals surface area contributed by atoms with E-state index in [2.05, 4.69) is 17.1 Å². The molecule has 2 aromatic rings. The third kappa shape index (κ3) is 7.88. The second kappa shape index (κ2) is 14.1. The number of piperidine rings is 1. The van der Waals surface area contributed by atoms with Crippen LogP contribution in [0.4, 0.5) is 13.2 Å². The smallest absolute Gasteiger partial charge is 0.405 e. The zero-order chi connectivity index (χ0) is 31.1. The third-order valence-corrected chi connectivity index (χ3v) is 8.14. The lowest BCUT2D eigenvalue weighted by Crippen LogP contribution is -2.47. The molecular formula is C33H42F3N3O3. The Hall–Kier alpha value is -3.46. The number of halogens is 3. The van der Waals surface area contributed by atoms with Crippen molar-refractivity contribution in [3.63, 3.8) is 0 Å². The Morgan fingerprint density at radius 1 is 0.976 bits per heavy atom. The van der Waals surface area contributed by atoms with Gasteiger partial charge < -0.3 is 20.7 Å². The second-order valence-electron chi connectivity index (χ2n) is 11.4. The molecule has 3 N–H and O–H groups in total. The van der Waals surface area contributed by atoms with Crippen LogP contribution in [0.25, 0.3) is 11.1 Å². The molecule has 0 radical (unpaired) electrons. The van der Waals surface area contributed by atoms with Gasteiger partial charge in [-0.25, -0.2) is 0 Å². The van der Waals surface area contributed by atoms with Gasteiger partial charge in [0.05, 0.1) is 5.57 Å². The topological polar surface area (TPSA) is 93.5 Å². The van der Waals surface area contributed by atoms with Crippen molar-refractivity contribution in [1.29, 1.82) is 5.41 Å². The molecule has 1 aliphatic heterocycles. The number of Topliss-reactive ketones (excluding diaryl/α,β-unsaturated/α-hetero) is 1. The van der Waals surface area contributed by atoms with Gasteiger partial charge in [0.2, 0.25) is 5.91 Å². The van der Waals surface area contributed by atoms with E-state index in [0.29, 0.717) is 6.42 Å². The molecule has 0 unspecified atom stereocenters. The highest BCUT2D eigenvalue weighted by Crippen LogP contribution is 2.51. The molecular weight excluding hydrogens is 543 g/mol. The summed E-state index contributed by atoms with van der Waals surface area (Å²) in [5, 5.41) is 18.2. The molecule has 2 aliphatic rings. The van der Waals surface area contributed by atoms with Crippen LogP contribution in [0.2, 0.25) is 0 Å². The highest BCUT2D eigenvalue weighted by molar-refractivity contribution is 6.19. The van der Waals surface area contributed by atoms with E-state index in [1.807, 2.05) is 48.5 Å². The molecule has 0 atom stereocenters. The summed E-state index contributed by atoms with van der Waals surface area (Å²) in [5.41, 5.74) is 2.63. The molecule has 1 heterocycles. The lowest BCUT2D eigenvalue weighted by molar-refractivity contribution is -0.141. The van der Waals surface area contributed by atoms with Crippen LogP contribution >= 0.6 is 0 Å². The van der Waals surface area contributed by atoms with E-state index in [4.69, 9.17) is 10.5 Å². The first-order valence-corrected chi connectivity index (χ1v) is 14.5. The van der Waals surface area contributed by atoms with Crippen molar-refractivity contribution >= 4 is 17.4 Å². The van der Waals surface area contributed by atoms with Crippen molar-refractivity contribution in [2.75, 3.05) is 26.2 Å². The fourth-order valence-electron chi connectivity index (χ4n) is 6.09. The van der Waals surface area contributed by atoms with E-state index < -0.39 is 24.0 Å². The highest BCUT2D eigenvalue weighted by Gasteiger charge is 2.49. The van der Waals surface area contributed by atoms with Crippen LogP contribution in [-0.2, 0) is 15.0 Å². The van der Waals surface area contributed by atoms with Crippen molar-refractivity contribution in [2.24, 2.45) is 5.92 Å². The SMILES string of the molecule is CC(=N)/C(C(C)=O)=C(/C)O.CC1CCN(CCCCC2(C(=O)NCC(F)(F)F)c3ccccc3-c3ccccc32)CC1. The predicted octanol–water partition coefficient (Wildman–Crippen LogP) is 6.98. The summed E-state index contributed by atoms with van der Waals surface area (Å²) in [6.45, 7) is 8.34. The van der Waals surface area contributed by atoms with Gasteiger partial charge in [0.1, 0.15) is 17.7 Å². The van der Waals surface area contributed by atoms with Crippen LogP contribution in [0.5, 0.6) is 0 Å². The van der Waals surface area contributed by atoms with Gasteiger partial charge in [0, 0.05) is 5.71 Å². The summed E-state index contributed by atoms with van der Waals surface area (Å²) in [4.78, 5) is 26.6. The van der Waals surface area contributed by atoms with Crippen LogP contribution in [0.1, 0.15) is 70.9 Å². The average Bonchev–Trinajstić information content (AvgIpc) is 3.21. The predicted molar refractivity (Wildman–Crippen MR) is 160 cm³/mol. The molecule has 9 heteroatoms. The van der Waals surface area contributed by atoms with Crippen LogP contribution in [-0.4, -0.2) is 59.8 Å². The quantitative estimate of drug-likeness (QED) is 0.128. The van der Waals surface area contributed by atoms with Crippen LogP contribution in [0.3, 0.4) is 0 Å². The Balaban J connectivity index is 0.000000416. The molecule has 2 aromatic carbocycles. The largest absolute Gasteiger partial charge is 0.512 e. The van der Waals surface area contributed by atoms with E-state index in [1.54, 1.807) is 0 Å². The number of carbonyl (C=O) groups excluding carboxylic acids is 2. The van der Waals surface area contributed by atoms with E-state index in [9.17, 15) is 22.8 Å². The fourth-order valence-corrected chi connectivity index (χ4v) is 6.09. The molecule has 0 saturated carbocycles. The number of ketones is 1. The molecule has 42 heavy (non-hydrogen) atoms. The third-order valence-electron chi connectivity index (χ3n) is 8.14. The molecule has 1 saturated heterocycles. The number of aliphatic hydroxyl groups is 1. The lowest BCUT2D eigenvalue weighted by Gasteiger charge is -2.32. The standard InChI is InChI=1S/C26H31F3N2O.C7H11NO2/c1-19-12-16-31(17-13-19)15-7-6-14-25(24(32)30-18-26(27,28)29)22-10-4-2-8-20(22)21-9-3-5-11-23(21)25;1-4(8)7(5(2)9)6(3)10/h2-5,8-11,19H,6-7,12-18H2,1H3,(H,30,32);8-9H,1-3H3/b;7-5+,8-4?. The Bertz CT molecular complexity index is 1250. The fraction of sp³-hybridized carbons (Fsp3) is 0.485. The van der Waals surface area contributed by atoms with Crippen molar-refractivity contribution in [2.45, 2.75) is 71.4 Å². The minimum absolute atomic E-state index is 0.0833. The van der Waals surface area contributed by atoms with E-state index in [-0.39, 0.29) is 22.8 Å². The Morgan fingerprint density at radius 2 is 1.50 bits per heavy atom. The number of likely N-dealkylation sites (tertiary alicyclic amines) is 1. The minimum Gasteiger partial charge on any atom is -0.512 e. The number of fused-ring (bicyclic) bond motifs is 3. The van der Waals surface area contributed by atoms with Gasteiger partial charge in [-0.1, -0.05) is 61.9 Å². The number of alkyl halides is 3. The first kappa shape index (κ1) is 33.0. The lowest BCUT2D eigenvalue weighted by atomic mass is 9.73. The Morgan fingerprint density at radius 3 is 1.93 bits per heavy atom. The summed E-state index contributed by atoms with van der Waals surface area (Å²) in [6, 6.07) is 15.3. The summed E-state index contributed by atoms with van der Waals surface area (Å²) >= 11 is 0. The van der Waals surface area contributed by atoms with Crippen molar-refractivity contribution in [3.05, 3.63) is 71.0 Å². The summed E-state index contributed by atoms with van der Waals surface area (Å²) < 4.78 is 38.8. The number of nitrogens with zero attached hydrogens (tertiary/aromatic N) is 1. The second-order valence-corrected chi connectivity index (χ2v) is 11.4. The summed E-state index contributed by atoms with van der Waals surface area (Å²) in [7, 11) is 0. The first-order valence-electron chi connectivity index (χ1n) is 14.5. The number of unbranched alkanes of at least 4 members (excludes halogenated alkanes) is 1. The average molecular weight is 586 g/mol. The number of hydrogen-bond acceptors (Lipinski definition) is 5. The number of hydrogen-bond donors (Lipinski definition) is 3. The number of aliphatic hydroxyl groups excluding tert-OH is 1. The maximum atomic E-state index is 13.4. The normalized spacial score (nSPS) is 16.8. The van der Waals surface area contributed by atoms with Crippen LogP contribution in [0.15, 0.2) is 59.9 Å². The summed E-state index contributed by atoms with van der Waals surface area (Å²) in [5.74, 6) is -0.134. The molecule has 1 amide bonds. The van der Waals surface area contributed by atoms with Crippen molar-refractivity contribution in [1.82, 2.24) is 10.2 Å². The molecule has 0 spiro atoms. The van der Waals surface area contributed by atoms with Gasteiger partial charge in [-0.15, -0.1) is 0 Å². The zero-order valence-electron chi connectivity index (χ0n) is 24.9. The first-order chi connectivity index (χ1) is 19.8. The van der Waals surface area contributed by atoms with Crippen molar-refractivity contribution in [3.8, 4) is 11.1 Å². The van der Waals surface area contributed by atoms with E-state index >= 15 is 0 Å². The molecule has 228 valence electrons. The molecule has 0 aromatic heterocycles. The minimum atomic E-state index is -4.44. The number of amides is 1. The molecule has 1 aliphatic carbocycles. The number of carbonyl (C=O) groups is 2. The number of benzene rings is 2. The van der Waals surface area contributed by atoms with Gasteiger partial charge >= 0.3 is 6.18 Å². The number of nitrogens with one attached hydrogen (secondary N) is 2. The van der Waals surface area contributed by atoms with Gasteiger partial charge in [0.15, 0.2) is 5.78 Å². The van der Waals surface area contributed by atoms with Gasteiger partial charge in [0.25, 0.3) is 0 Å². The molecule has 4 rings (SSSR count). The zero-order valence-corrected chi connectivity index (χ0v) is 24.9. The van der Waals surface area contributed by atoms with E-state index in [0.717, 1.165) is 60.6 Å². The Labute approximate surface area is 246 Å². The molecule has 6 nitrogen and oxygen atoms in total. The molecule has 1 fully saturated rings. The van der Waals surface area contributed by atoms with Crippen LogP contribution < -0.4 is 5.32 Å². The number of allylic oxidation sites excluding steroid dienone is 2. The van der Waals surface area contributed by atoms with Crippen molar-refractivity contribution < 1.29 is 27.9 Å². The monoisotopic (exact) mass is 585 g/mol. The molecule has 0 bridgehead atoms.